The predicted octanol–water partition coefficient (Wildman–Crippen LogP) is 3.09. The molecule has 1 atom stereocenters. The summed E-state index contributed by atoms with van der Waals surface area (Å²) in [4.78, 5) is 26.7. The van der Waals surface area contributed by atoms with Crippen LogP contribution in [0.2, 0.25) is 0 Å². The van der Waals surface area contributed by atoms with E-state index in [1.54, 1.807) is 23.5 Å². The SMILES string of the molecule is Cc1ccc2c(c1)C(O)(CC(=O)c1cc(C)sc1C)C(=O)N2. The molecule has 2 aromatic rings. The van der Waals surface area contributed by atoms with Gasteiger partial charge in [0, 0.05) is 26.6 Å². The Labute approximate surface area is 132 Å². The van der Waals surface area contributed by atoms with Crippen LogP contribution in [0.5, 0.6) is 0 Å². The topological polar surface area (TPSA) is 66.4 Å². The molecule has 0 radical (unpaired) electrons. The second-order valence-corrected chi connectivity index (χ2v) is 7.25. The number of benzene rings is 1. The first kappa shape index (κ1) is 14.9. The van der Waals surface area contributed by atoms with Crippen molar-refractivity contribution in [3.05, 3.63) is 50.7 Å². The molecule has 3 rings (SSSR count). The number of carbonyl (C=O) groups is 2. The maximum absolute atomic E-state index is 12.5. The smallest absolute Gasteiger partial charge is 0.261 e. The van der Waals surface area contributed by atoms with E-state index < -0.39 is 11.5 Å². The van der Waals surface area contributed by atoms with Gasteiger partial charge >= 0.3 is 0 Å². The first-order valence-corrected chi connectivity index (χ1v) is 7.88. The molecule has 1 aromatic carbocycles. The molecule has 1 amide bonds. The lowest BCUT2D eigenvalue weighted by Crippen LogP contribution is -2.36. The summed E-state index contributed by atoms with van der Waals surface area (Å²) in [6, 6.07) is 7.19. The van der Waals surface area contributed by atoms with Gasteiger partial charge < -0.3 is 10.4 Å². The van der Waals surface area contributed by atoms with Gasteiger partial charge in [-0.1, -0.05) is 17.7 Å². The first-order chi connectivity index (χ1) is 10.3. The highest BCUT2D eigenvalue weighted by atomic mass is 32.1. The van der Waals surface area contributed by atoms with Gasteiger partial charge in [-0.2, -0.15) is 0 Å². The number of anilines is 1. The maximum Gasteiger partial charge on any atom is 0.261 e. The zero-order chi connectivity index (χ0) is 16.1. The van der Waals surface area contributed by atoms with Crippen LogP contribution in [0.25, 0.3) is 0 Å². The number of carbonyl (C=O) groups excluding carboxylic acids is 2. The highest BCUT2D eigenvalue weighted by Crippen LogP contribution is 2.40. The Morgan fingerprint density at radius 2 is 2.00 bits per heavy atom. The Bertz CT molecular complexity index is 793. The van der Waals surface area contributed by atoms with E-state index in [0.717, 1.165) is 15.3 Å². The highest BCUT2D eigenvalue weighted by molar-refractivity contribution is 7.12. The van der Waals surface area contributed by atoms with Gasteiger partial charge in [0.25, 0.3) is 5.91 Å². The molecule has 1 aromatic heterocycles. The number of rotatable bonds is 3. The molecule has 114 valence electrons. The van der Waals surface area contributed by atoms with E-state index in [0.29, 0.717) is 16.8 Å². The van der Waals surface area contributed by atoms with Gasteiger partial charge in [0.15, 0.2) is 11.4 Å². The fraction of sp³-hybridized carbons (Fsp3) is 0.294. The summed E-state index contributed by atoms with van der Waals surface area (Å²) in [6.07, 6.45) is -0.244. The third kappa shape index (κ3) is 2.26. The van der Waals surface area contributed by atoms with E-state index in [1.807, 2.05) is 32.9 Å². The fourth-order valence-corrected chi connectivity index (χ4v) is 3.81. The van der Waals surface area contributed by atoms with Gasteiger partial charge in [-0.05, 0) is 32.9 Å². The van der Waals surface area contributed by atoms with Crippen LogP contribution in [-0.2, 0) is 10.4 Å². The Balaban J connectivity index is 1.98. The molecule has 0 saturated heterocycles. The Kier molecular flexibility index (Phi) is 3.42. The van der Waals surface area contributed by atoms with E-state index in [9.17, 15) is 14.7 Å². The van der Waals surface area contributed by atoms with Crippen molar-refractivity contribution in [2.75, 3.05) is 5.32 Å². The molecular formula is C17H17NO3S. The minimum Gasteiger partial charge on any atom is -0.375 e. The number of amides is 1. The summed E-state index contributed by atoms with van der Waals surface area (Å²) in [5.74, 6) is -0.750. The largest absolute Gasteiger partial charge is 0.375 e. The van der Waals surface area contributed by atoms with Crippen molar-refractivity contribution in [3.8, 4) is 0 Å². The molecule has 2 heterocycles. The van der Waals surface area contributed by atoms with Crippen LogP contribution in [0.15, 0.2) is 24.3 Å². The lowest BCUT2D eigenvalue weighted by Gasteiger charge is -2.20. The van der Waals surface area contributed by atoms with Crippen molar-refractivity contribution < 1.29 is 14.7 Å². The van der Waals surface area contributed by atoms with Crippen LogP contribution in [0.4, 0.5) is 5.69 Å². The summed E-state index contributed by atoms with van der Waals surface area (Å²) >= 11 is 1.54. The summed E-state index contributed by atoms with van der Waals surface area (Å²) in [5.41, 5.74) is 0.786. The Hall–Kier alpha value is -1.98. The zero-order valence-corrected chi connectivity index (χ0v) is 13.5. The number of aryl methyl sites for hydroxylation is 3. The number of Topliss-reactive ketones (excluding diaryl/α,β-unsaturated/α-hetero) is 1. The molecule has 1 unspecified atom stereocenters. The van der Waals surface area contributed by atoms with E-state index in [1.165, 1.54) is 0 Å². The predicted molar refractivity (Wildman–Crippen MR) is 86.4 cm³/mol. The molecule has 5 heteroatoms. The lowest BCUT2D eigenvalue weighted by atomic mass is 9.87. The Morgan fingerprint density at radius 1 is 1.27 bits per heavy atom. The maximum atomic E-state index is 12.5. The molecule has 0 fully saturated rings. The van der Waals surface area contributed by atoms with Crippen molar-refractivity contribution in [2.45, 2.75) is 32.8 Å². The number of hydrogen-bond donors (Lipinski definition) is 2. The molecule has 1 aliphatic heterocycles. The molecule has 2 N–H and O–H groups in total. The summed E-state index contributed by atoms with van der Waals surface area (Å²) in [5, 5.41) is 13.5. The average molecular weight is 315 g/mol. The normalized spacial score (nSPS) is 19.9. The van der Waals surface area contributed by atoms with E-state index in [4.69, 9.17) is 0 Å². The van der Waals surface area contributed by atoms with Crippen molar-refractivity contribution in [2.24, 2.45) is 0 Å². The van der Waals surface area contributed by atoms with E-state index in [2.05, 4.69) is 5.32 Å². The summed E-state index contributed by atoms with van der Waals surface area (Å²) < 4.78 is 0. The molecule has 22 heavy (non-hydrogen) atoms. The van der Waals surface area contributed by atoms with Gasteiger partial charge in [0.2, 0.25) is 0 Å². The first-order valence-electron chi connectivity index (χ1n) is 7.06. The van der Waals surface area contributed by atoms with Crippen LogP contribution in [-0.4, -0.2) is 16.8 Å². The van der Waals surface area contributed by atoms with Gasteiger partial charge in [-0.25, -0.2) is 0 Å². The monoisotopic (exact) mass is 315 g/mol. The van der Waals surface area contributed by atoms with Gasteiger partial charge in [-0.3, -0.25) is 9.59 Å². The zero-order valence-electron chi connectivity index (χ0n) is 12.7. The van der Waals surface area contributed by atoms with Crippen LogP contribution >= 0.6 is 11.3 Å². The fourth-order valence-electron chi connectivity index (χ4n) is 2.87. The van der Waals surface area contributed by atoms with Crippen LogP contribution in [0.3, 0.4) is 0 Å². The second-order valence-electron chi connectivity index (χ2n) is 5.79. The van der Waals surface area contributed by atoms with Crippen LogP contribution in [0.1, 0.15) is 37.7 Å². The molecule has 0 bridgehead atoms. The minimum atomic E-state index is -1.79. The van der Waals surface area contributed by atoms with Crippen molar-refractivity contribution in [1.82, 2.24) is 0 Å². The molecule has 0 spiro atoms. The summed E-state index contributed by atoms with van der Waals surface area (Å²) in [6.45, 7) is 5.70. The lowest BCUT2D eigenvalue weighted by molar-refractivity contribution is -0.133. The quantitative estimate of drug-likeness (QED) is 0.855. The molecule has 1 aliphatic rings. The third-order valence-corrected chi connectivity index (χ3v) is 4.97. The van der Waals surface area contributed by atoms with Crippen molar-refractivity contribution in [1.29, 1.82) is 0 Å². The molecule has 4 nitrogen and oxygen atoms in total. The number of thiophene rings is 1. The number of nitrogens with one attached hydrogen (secondary N) is 1. The number of fused-ring (bicyclic) bond motifs is 1. The third-order valence-electron chi connectivity index (χ3n) is 4.00. The van der Waals surface area contributed by atoms with Crippen molar-refractivity contribution in [3.63, 3.8) is 0 Å². The van der Waals surface area contributed by atoms with E-state index in [-0.39, 0.29) is 12.2 Å². The average Bonchev–Trinajstić information content (AvgIpc) is 2.89. The highest BCUT2D eigenvalue weighted by Gasteiger charge is 2.47. The number of aliphatic hydroxyl groups is 1. The van der Waals surface area contributed by atoms with Crippen LogP contribution < -0.4 is 5.32 Å². The van der Waals surface area contributed by atoms with Gasteiger partial charge in [-0.15, -0.1) is 11.3 Å². The Morgan fingerprint density at radius 3 is 2.64 bits per heavy atom. The number of hydrogen-bond acceptors (Lipinski definition) is 4. The van der Waals surface area contributed by atoms with E-state index >= 15 is 0 Å². The number of ketones is 1. The van der Waals surface area contributed by atoms with Crippen molar-refractivity contribution >= 4 is 28.7 Å². The minimum absolute atomic E-state index is 0.214. The summed E-state index contributed by atoms with van der Waals surface area (Å²) in [7, 11) is 0. The molecule has 0 saturated carbocycles. The van der Waals surface area contributed by atoms with Crippen LogP contribution in [0, 0.1) is 20.8 Å². The van der Waals surface area contributed by atoms with Gasteiger partial charge in [0.1, 0.15) is 0 Å². The molecular weight excluding hydrogens is 298 g/mol. The molecule has 0 aliphatic carbocycles. The van der Waals surface area contributed by atoms with Gasteiger partial charge in [0.05, 0.1) is 6.42 Å². The standard InChI is InChI=1S/C17H17NO3S/c1-9-4-5-14-13(6-9)17(21,16(20)18-14)8-15(19)12-7-10(2)22-11(12)3/h4-7,21H,8H2,1-3H3,(H,18,20). The second kappa shape index (κ2) is 5.04.